The van der Waals surface area contributed by atoms with Gasteiger partial charge in [0, 0.05) is 38.3 Å². The summed E-state index contributed by atoms with van der Waals surface area (Å²) in [5.41, 5.74) is 7.20. The smallest absolute Gasteiger partial charge is 0.0547 e. The van der Waals surface area contributed by atoms with Crippen molar-refractivity contribution >= 4 is 86.7 Å². The van der Waals surface area contributed by atoms with Gasteiger partial charge in [-0.25, -0.2) is 0 Å². The van der Waals surface area contributed by atoms with Crippen molar-refractivity contribution in [3.8, 4) is 11.4 Å². The van der Waals surface area contributed by atoms with Crippen LogP contribution in [0, 0.1) is 0 Å². The molecule has 0 bridgehead atoms. The minimum Gasteiger partial charge on any atom is -0.309 e. The monoisotopic (exact) mass is 608 g/mol. The molecule has 2 aromatic heterocycles. The molecule has 0 amide bonds. The maximum atomic E-state index is 2.47. The molecule has 0 aliphatic heterocycles. The van der Waals surface area contributed by atoms with E-state index in [1.54, 1.807) is 0 Å². The quantitative estimate of drug-likeness (QED) is 0.173. The Bertz CT molecular complexity index is 3100. The van der Waals surface area contributed by atoms with Gasteiger partial charge in [-0.15, -0.1) is 0 Å². The average Bonchev–Trinajstić information content (AvgIpc) is 3.67. The van der Waals surface area contributed by atoms with Gasteiger partial charge >= 0.3 is 0 Å². The molecule has 0 N–H and O–H groups in total. The lowest BCUT2D eigenvalue weighted by atomic mass is 9.89. The number of para-hydroxylation sites is 3. The molecule has 0 spiro atoms. The normalized spacial score (nSPS) is 12.2. The number of nitrogens with zero attached hydrogens (tertiary/aromatic N) is 2. The molecule has 2 heteroatoms. The Morgan fingerprint density at radius 2 is 0.812 bits per heavy atom. The van der Waals surface area contributed by atoms with E-state index in [1.807, 2.05) is 0 Å². The molecule has 0 atom stereocenters. The van der Waals surface area contributed by atoms with Crippen LogP contribution >= 0.6 is 0 Å². The number of rotatable bonds is 2. The van der Waals surface area contributed by atoms with Crippen LogP contribution in [0.1, 0.15) is 0 Å². The molecule has 222 valence electrons. The van der Waals surface area contributed by atoms with Gasteiger partial charge in [-0.3, -0.25) is 0 Å². The Labute approximate surface area is 276 Å². The Balaban J connectivity index is 1.30. The average molecular weight is 609 g/mol. The first kappa shape index (κ1) is 25.8. The maximum absolute atomic E-state index is 2.47. The molecule has 9 aromatic carbocycles. The number of fused-ring (bicyclic) bond motifs is 15. The molecule has 11 rings (SSSR count). The molecule has 48 heavy (non-hydrogen) atoms. The highest BCUT2D eigenvalue weighted by molar-refractivity contribution is 6.38. The highest BCUT2D eigenvalue weighted by atomic mass is 15.0. The van der Waals surface area contributed by atoms with Crippen LogP contribution in [0.4, 0.5) is 0 Å². The second-order valence-corrected chi connectivity index (χ2v) is 12.9. The van der Waals surface area contributed by atoms with Crippen LogP contribution in [0.15, 0.2) is 170 Å². The van der Waals surface area contributed by atoms with Crippen molar-refractivity contribution in [2.75, 3.05) is 0 Å². The van der Waals surface area contributed by atoms with Gasteiger partial charge in [-0.2, -0.15) is 0 Å². The SMILES string of the molecule is c1ccc(-n2c3ccccc3c3cc(-n4c5ccccc5c5c6c7ccccc7c7ccc8ccccc8c7c6ccc54)ccc32)cc1. The van der Waals surface area contributed by atoms with Crippen molar-refractivity contribution in [1.29, 1.82) is 0 Å². The van der Waals surface area contributed by atoms with Gasteiger partial charge in [0.2, 0.25) is 0 Å². The summed E-state index contributed by atoms with van der Waals surface area (Å²) in [5, 5.41) is 15.5. The van der Waals surface area contributed by atoms with Crippen molar-refractivity contribution in [2.24, 2.45) is 0 Å². The van der Waals surface area contributed by atoms with Crippen molar-refractivity contribution in [3.63, 3.8) is 0 Å². The largest absolute Gasteiger partial charge is 0.309 e. The molecule has 0 saturated carbocycles. The summed E-state index contributed by atoms with van der Waals surface area (Å²) in [6.07, 6.45) is 0. The van der Waals surface area contributed by atoms with E-state index in [1.165, 1.54) is 98.1 Å². The van der Waals surface area contributed by atoms with Crippen molar-refractivity contribution in [2.45, 2.75) is 0 Å². The molecular formula is C46H28N2. The lowest BCUT2D eigenvalue weighted by Gasteiger charge is -2.14. The molecule has 2 heterocycles. The van der Waals surface area contributed by atoms with E-state index >= 15 is 0 Å². The standard InChI is InChI=1S/C46H28N2/c1-2-13-30(14-3-1)47-40-20-10-8-17-34(40)39-28-31(23-26-42(39)47)48-41-21-11-9-19-37(41)46-43(48)27-25-38-44-32-15-5-4-12-29(32)22-24-36(44)33-16-6-7-18-35(33)45(38)46/h1-28H. The van der Waals surface area contributed by atoms with Crippen LogP contribution in [-0.4, -0.2) is 9.13 Å². The lowest BCUT2D eigenvalue weighted by molar-refractivity contribution is 1.17. The zero-order chi connectivity index (χ0) is 31.3. The van der Waals surface area contributed by atoms with Gasteiger partial charge in [0.05, 0.1) is 22.1 Å². The molecule has 0 radical (unpaired) electrons. The van der Waals surface area contributed by atoms with E-state index < -0.39 is 0 Å². The van der Waals surface area contributed by atoms with E-state index in [4.69, 9.17) is 0 Å². The predicted molar refractivity (Wildman–Crippen MR) is 205 cm³/mol. The molecule has 2 nitrogen and oxygen atoms in total. The van der Waals surface area contributed by atoms with Crippen molar-refractivity contribution in [3.05, 3.63) is 170 Å². The highest BCUT2D eigenvalue weighted by Crippen LogP contribution is 2.45. The van der Waals surface area contributed by atoms with Crippen molar-refractivity contribution < 1.29 is 0 Å². The van der Waals surface area contributed by atoms with E-state index in [0.717, 1.165) is 0 Å². The Morgan fingerprint density at radius 1 is 0.250 bits per heavy atom. The van der Waals surface area contributed by atoms with E-state index in [2.05, 4.69) is 179 Å². The first-order chi connectivity index (χ1) is 23.8. The molecule has 0 fully saturated rings. The zero-order valence-corrected chi connectivity index (χ0v) is 26.1. The summed E-state index contributed by atoms with van der Waals surface area (Å²) < 4.78 is 4.86. The Kier molecular flexibility index (Phi) is 5.14. The maximum Gasteiger partial charge on any atom is 0.0547 e. The van der Waals surface area contributed by atoms with Crippen molar-refractivity contribution in [1.82, 2.24) is 9.13 Å². The van der Waals surface area contributed by atoms with Gasteiger partial charge in [0.15, 0.2) is 0 Å². The van der Waals surface area contributed by atoms with Gasteiger partial charge < -0.3 is 9.13 Å². The second-order valence-electron chi connectivity index (χ2n) is 12.9. The lowest BCUT2D eigenvalue weighted by Crippen LogP contribution is -1.95. The van der Waals surface area contributed by atoms with E-state index in [-0.39, 0.29) is 0 Å². The van der Waals surface area contributed by atoms with Crippen LogP contribution in [0.3, 0.4) is 0 Å². The summed E-state index contributed by atoms with van der Waals surface area (Å²) in [7, 11) is 0. The van der Waals surface area contributed by atoms with E-state index in [0.29, 0.717) is 0 Å². The summed E-state index contributed by atoms with van der Waals surface area (Å²) >= 11 is 0. The third-order valence-electron chi connectivity index (χ3n) is 10.5. The van der Waals surface area contributed by atoms with Crippen LogP contribution in [0.5, 0.6) is 0 Å². The van der Waals surface area contributed by atoms with Gasteiger partial charge in [-0.1, -0.05) is 121 Å². The molecule has 0 aliphatic carbocycles. The first-order valence-corrected chi connectivity index (χ1v) is 16.6. The molecule has 11 aromatic rings. The Morgan fingerprint density at radius 3 is 1.65 bits per heavy atom. The molecule has 0 saturated heterocycles. The highest BCUT2D eigenvalue weighted by Gasteiger charge is 2.20. The minimum absolute atomic E-state index is 1.17. The summed E-state index contributed by atoms with van der Waals surface area (Å²) in [5.74, 6) is 0. The van der Waals surface area contributed by atoms with Crippen LogP contribution in [-0.2, 0) is 0 Å². The van der Waals surface area contributed by atoms with Gasteiger partial charge in [-0.05, 0) is 86.2 Å². The molecular weight excluding hydrogens is 581 g/mol. The second kappa shape index (κ2) is 9.57. The molecule has 0 unspecified atom stereocenters. The number of hydrogen-bond donors (Lipinski definition) is 0. The Hall–Kier alpha value is -6.38. The minimum atomic E-state index is 1.17. The molecule has 0 aliphatic rings. The predicted octanol–water partition coefficient (Wildman–Crippen LogP) is 12.5. The third-order valence-corrected chi connectivity index (χ3v) is 10.5. The summed E-state index contributed by atoms with van der Waals surface area (Å²) in [6.45, 7) is 0. The topological polar surface area (TPSA) is 9.86 Å². The first-order valence-electron chi connectivity index (χ1n) is 16.6. The van der Waals surface area contributed by atoms with Crippen LogP contribution in [0.25, 0.3) is 98.1 Å². The van der Waals surface area contributed by atoms with E-state index in [9.17, 15) is 0 Å². The zero-order valence-electron chi connectivity index (χ0n) is 26.1. The third kappa shape index (κ3) is 3.36. The number of aromatic nitrogens is 2. The number of hydrogen-bond acceptors (Lipinski definition) is 0. The fraction of sp³-hybridized carbons (Fsp3) is 0. The summed E-state index contributed by atoms with van der Waals surface area (Å²) in [4.78, 5) is 0. The fourth-order valence-corrected chi connectivity index (χ4v) is 8.50. The summed E-state index contributed by atoms with van der Waals surface area (Å²) in [6, 6.07) is 62.4. The van der Waals surface area contributed by atoms with Gasteiger partial charge in [0.25, 0.3) is 0 Å². The van der Waals surface area contributed by atoms with Gasteiger partial charge in [0.1, 0.15) is 0 Å². The fourth-order valence-electron chi connectivity index (χ4n) is 8.50. The van der Waals surface area contributed by atoms with Crippen LogP contribution in [0.2, 0.25) is 0 Å². The number of benzene rings is 9. The van der Waals surface area contributed by atoms with Crippen LogP contribution < -0.4 is 0 Å².